The third-order valence-corrected chi connectivity index (χ3v) is 2.66. The first-order valence-electron chi connectivity index (χ1n) is 6.12. The standard InChI is InChI=1S/C12H24N4O/c1-10(2)4-5-15(3)8-12(17)9-16-7-11(13)6-14-16/h6-7,10,12,17H,4-5,8-9,13H2,1-3H3. The minimum Gasteiger partial charge on any atom is -0.396 e. The molecule has 0 saturated heterocycles. The Kier molecular flexibility index (Phi) is 5.44. The molecular weight excluding hydrogens is 216 g/mol. The van der Waals surface area contributed by atoms with E-state index in [1.807, 2.05) is 7.05 Å². The molecule has 0 fully saturated rings. The molecule has 17 heavy (non-hydrogen) atoms. The van der Waals surface area contributed by atoms with E-state index in [-0.39, 0.29) is 0 Å². The summed E-state index contributed by atoms with van der Waals surface area (Å²) in [5, 5.41) is 14.0. The Balaban J connectivity index is 2.26. The zero-order chi connectivity index (χ0) is 12.8. The second kappa shape index (κ2) is 6.61. The number of nitrogens with zero attached hydrogens (tertiary/aromatic N) is 3. The molecule has 0 aliphatic carbocycles. The highest BCUT2D eigenvalue weighted by atomic mass is 16.3. The lowest BCUT2D eigenvalue weighted by Crippen LogP contribution is -2.33. The predicted molar refractivity (Wildman–Crippen MR) is 69.6 cm³/mol. The van der Waals surface area contributed by atoms with E-state index < -0.39 is 6.10 Å². The summed E-state index contributed by atoms with van der Waals surface area (Å²) in [6, 6.07) is 0. The van der Waals surface area contributed by atoms with Crippen LogP contribution in [0.1, 0.15) is 20.3 Å². The van der Waals surface area contributed by atoms with Crippen molar-refractivity contribution in [1.29, 1.82) is 0 Å². The van der Waals surface area contributed by atoms with Gasteiger partial charge < -0.3 is 15.7 Å². The molecule has 0 bridgehead atoms. The normalized spacial score (nSPS) is 13.5. The maximum absolute atomic E-state index is 9.90. The summed E-state index contributed by atoms with van der Waals surface area (Å²) in [7, 11) is 2.03. The molecule has 0 aliphatic heterocycles. The number of rotatable bonds is 7. The number of anilines is 1. The van der Waals surface area contributed by atoms with Crippen molar-refractivity contribution in [2.45, 2.75) is 32.9 Å². The Bertz CT molecular complexity index is 324. The minimum absolute atomic E-state index is 0.411. The van der Waals surface area contributed by atoms with Crippen molar-refractivity contribution < 1.29 is 5.11 Å². The first-order chi connectivity index (χ1) is 7.97. The summed E-state index contributed by atoms with van der Waals surface area (Å²) in [4.78, 5) is 2.15. The fraction of sp³-hybridized carbons (Fsp3) is 0.750. The van der Waals surface area contributed by atoms with E-state index >= 15 is 0 Å². The van der Waals surface area contributed by atoms with E-state index in [1.165, 1.54) is 0 Å². The Labute approximate surface area is 103 Å². The maximum atomic E-state index is 9.90. The lowest BCUT2D eigenvalue weighted by atomic mass is 10.1. The van der Waals surface area contributed by atoms with Crippen LogP contribution in [0.15, 0.2) is 12.4 Å². The molecular formula is C12H24N4O. The van der Waals surface area contributed by atoms with Gasteiger partial charge in [0.25, 0.3) is 0 Å². The van der Waals surface area contributed by atoms with Crippen molar-refractivity contribution in [1.82, 2.24) is 14.7 Å². The Morgan fingerprint density at radius 1 is 1.53 bits per heavy atom. The molecule has 1 unspecified atom stereocenters. The molecule has 0 amide bonds. The molecule has 1 rings (SSSR count). The van der Waals surface area contributed by atoms with Crippen LogP contribution in [0, 0.1) is 5.92 Å². The third kappa shape index (κ3) is 5.70. The lowest BCUT2D eigenvalue weighted by Gasteiger charge is -2.21. The van der Waals surface area contributed by atoms with Crippen LogP contribution in [0.5, 0.6) is 0 Å². The smallest absolute Gasteiger partial charge is 0.0862 e. The summed E-state index contributed by atoms with van der Waals surface area (Å²) >= 11 is 0. The van der Waals surface area contributed by atoms with Gasteiger partial charge >= 0.3 is 0 Å². The third-order valence-electron chi connectivity index (χ3n) is 2.66. The largest absolute Gasteiger partial charge is 0.396 e. The highest BCUT2D eigenvalue weighted by Gasteiger charge is 2.10. The van der Waals surface area contributed by atoms with Gasteiger partial charge in [0.15, 0.2) is 0 Å². The second-order valence-electron chi connectivity index (χ2n) is 5.09. The van der Waals surface area contributed by atoms with Crippen molar-refractivity contribution >= 4 is 5.69 Å². The van der Waals surface area contributed by atoms with Crippen molar-refractivity contribution in [2.75, 3.05) is 25.9 Å². The average molecular weight is 240 g/mol. The molecule has 0 saturated carbocycles. The number of hydrogen-bond donors (Lipinski definition) is 2. The monoisotopic (exact) mass is 240 g/mol. The molecule has 0 aliphatic rings. The molecule has 1 atom stereocenters. The molecule has 1 aromatic heterocycles. The maximum Gasteiger partial charge on any atom is 0.0862 e. The predicted octanol–water partition coefficient (Wildman–Crippen LogP) is 0.804. The van der Waals surface area contributed by atoms with Crippen LogP contribution >= 0.6 is 0 Å². The summed E-state index contributed by atoms with van der Waals surface area (Å²) in [6.45, 7) is 6.57. The topological polar surface area (TPSA) is 67.3 Å². The number of nitrogen functional groups attached to an aromatic ring is 1. The molecule has 1 aromatic rings. The van der Waals surface area contributed by atoms with Gasteiger partial charge in [-0.05, 0) is 25.9 Å². The van der Waals surface area contributed by atoms with Crippen LogP contribution in [-0.4, -0.2) is 46.0 Å². The van der Waals surface area contributed by atoms with Crippen molar-refractivity contribution in [3.63, 3.8) is 0 Å². The van der Waals surface area contributed by atoms with Crippen molar-refractivity contribution in [3.05, 3.63) is 12.4 Å². The fourth-order valence-corrected chi connectivity index (χ4v) is 1.68. The number of aliphatic hydroxyl groups excluding tert-OH is 1. The van der Waals surface area contributed by atoms with Crippen molar-refractivity contribution in [3.8, 4) is 0 Å². The number of nitrogens with two attached hydrogens (primary N) is 1. The van der Waals surface area contributed by atoms with Gasteiger partial charge in [0.2, 0.25) is 0 Å². The van der Waals surface area contributed by atoms with Crippen LogP contribution in [-0.2, 0) is 6.54 Å². The van der Waals surface area contributed by atoms with E-state index in [2.05, 4.69) is 23.8 Å². The van der Waals surface area contributed by atoms with Gasteiger partial charge in [-0.1, -0.05) is 13.8 Å². The lowest BCUT2D eigenvalue weighted by molar-refractivity contribution is 0.104. The Morgan fingerprint density at radius 3 is 2.76 bits per heavy atom. The molecule has 0 radical (unpaired) electrons. The zero-order valence-electron chi connectivity index (χ0n) is 11.0. The van der Waals surface area contributed by atoms with E-state index in [9.17, 15) is 5.11 Å². The zero-order valence-corrected chi connectivity index (χ0v) is 11.0. The Hall–Kier alpha value is -1.07. The Morgan fingerprint density at radius 2 is 2.24 bits per heavy atom. The van der Waals surface area contributed by atoms with Gasteiger partial charge in [-0.15, -0.1) is 0 Å². The van der Waals surface area contributed by atoms with E-state index in [0.29, 0.717) is 24.7 Å². The molecule has 3 N–H and O–H groups in total. The number of hydrogen-bond acceptors (Lipinski definition) is 4. The fourth-order valence-electron chi connectivity index (χ4n) is 1.68. The summed E-state index contributed by atoms with van der Waals surface area (Å²) in [5.41, 5.74) is 6.19. The molecule has 1 heterocycles. The first kappa shape index (κ1) is 14.0. The highest BCUT2D eigenvalue weighted by Crippen LogP contribution is 2.03. The number of likely N-dealkylation sites (N-methyl/N-ethyl adjacent to an activating group) is 1. The number of aliphatic hydroxyl groups is 1. The van der Waals surface area contributed by atoms with Crippen LogP contribution in [0.4, 0.5) is 5.69 Å². The number of aromatic nitrogens is 2. The quantitative estimate of drug-likeness (QED) is 0.740. The van der Waals surface area contributed by atoms with Gasteiger partial charge in [0.05, 0.1) is 24.5 Å². The van der Waals surface area contributed by atoms with Crippen LogP contribution in [0.2, 0.25) is 0 Å². The molecule has 0 aromatic carbocycles. The van der Waals surface area contributed by atoms with Gasteiger partial charge in [-0.25, -0.2) is 0 Å². The average Bonchev–Trinajstić information content (AvgIpc) is 2.60. The van der Waals surface area contributed by atoms with Crippen LogP contribution in [0.3, 0.4) is 0 Å². The molecule has 0 spiro atoms. The molecule has 98 valence electrons. The molecule has 5 heteroatoms. The first-order valence-corrected chi connectivity index (χ1v) is 6.12. The summed E-state index contributed by atoms with van der Waals surface area (Å²) < 4.78 is 1.68. The summed E-state index contributed by atoms with van der Waals surface area (Å²) in [6.07, 6.45) is 4.07. The van der Waals surface area contributed by atoms with Gasteiger partial charge in [0, 0.05) is 12.7 Å². The van der Waals surface area contributed by atoms with E-state index in [0.717, 1.165) is 13.0 Å². The van der Waals surface area contributed by atoms with E-state index in [4.69, 9.17) is 5.73 Å². The summed E-state index contributed by atoms with van der Waals surface area (Å²) in [5.74, 6) is 0.695. The van der Waals surface area contributed by atoms with Gasteiger partial charge in [-0.2, -0.15) is 5.10 Å². The molecule has 5 nitrogen and oxygen atoms in total. The van der Waals surface area contributed by atoms with Crippen molar-refractivity contribution in [2.24, 2.45) is 5.92 Å². The highest BCUT2D eigenvalue weighted by molar-refractivity contribution is 5.30. The van der Waals surface area contributed by atoms with Gasteiger partial charge in [-0.3, -0.25) is 4.68 Å². The van der Waals surface area contributed by atoms with Crippen LogP contribution in [0.25, 0.3) is 0 Å². The van der Waals surface area contributed by atoms with Gasteiger partial charge in [0.1, 0.15) is 0 Å². The van der Waals surface area contributed by atoms with Crippen LogP contribution < -0.4 is 5.73 Å². The second-order valence-corrected chi connectivity index (χ2v) is 5.09. The minimum atomic E-state index is -0.411. The SMILES string of the molecule is CC(C)CCN(C)CC(O)Cn1cc(N)cn1. The van der Waals surface area contributed by atoms with E-state index in [1.54, 1.807) is 17.1 Å².